The van der Waals surface area contributed by atoms with Crippen molar-refractivity contribution in [3.63, 3.8) is 0 Å². The molecule has 166 valence electrons. The lowest BCUT2D eigenvalue weighted by atomic mass is 9.88. The van der Waals surface area contributed by atoms with Crippen molar-refractivity contribution in [1.82, 2.24) is 0 Å². The first-order chi connectivity index (χ1) is 15.8. The molecule has 0 unspecified atom stereocenters. The van der Waals surface area contributed by atoms with Gasteiger partial charge < -0.3 is 19.3 Å². The predicted molar refractivity (Wildman–Crippen MR) is 125 cm³/mol. The summed E-state index contributed by atoms with van der Waals surface area (Å²) in [7, 11) is 0. The van der Waals surface area contributed by atoms with Gasteiger partial charge in [-0.2, -0.15) is 0 Å². The van der Waals surface area contributed by atoms with E-state index in [-0.39, 0.29) is 12.0 Å². The monoisotopic (exact) mass is 430 g/mol. The van der Waals surface area contributed by atoms with Crippen molar-refractivity contribution in [2.45, 2.75) is 38.1 Å². The Kier molecular flexibility index (Phi) is 8.23. The van der Waals surface area contributed by atoms with Gasteiger partial charge in [0, 0.05) is 5.92 Å². The van der Waals surface area contributed by atoms with Gasteiger partial charge in [-0.1, -0.05) is 103 Å². The van der Waals surface area contributed by atoms with Crippen LogP contribution in [-0.4, -0.2) is 30.0 Å². The van der Waals surface area contributed by atoms with Gasteiger partial charge in [-0.25, -0.2) is 0 Å². The molecular weight excluding hydrogens is 400 g/mol. The topological polar surface area (TPSA) is 47.9 Å². The molecule has 3 aromatic rings. The number of aliphatic hydroxyl groups is 1. The average Bonchev–Trinajstić information content (AvgIpc) is 2.85. The molecule has 0 amide bonds. The van der Waals surface area contributed by atoms with E-state index in [9.17, 15) is 5.11 Å². The lowest BCUT2D eigenvalue weighted by Crippen LogP contribution is -2.48. The minimum Gasteiger partial charge on any atom is -0.386 e. The summed E-state index contributed by atoms with van der Waals surface area (Å²) in [5.41, 5.74) is 3.28. The molecule has 1 aliphatic carbocycles. The molecule has 3 aromatic carbocycles. The molecule has 1 N–H and O–H groups in total. The molecular formula is C28H30O4. The Morgan fingerprint density at radius 3 is 1.56 bits per heavy atom. The molecule has 4 heteroatoms. The molecule has 0 saturated carbocycles. The standard InChI is InChI=1S/C28H30O4/c29-26-17-16-25(21-30-18-22-10-4-1-5-11-22)27(31-19-23-12-6-2-7-13-23)28(26)32-20-24-14-8-3-9-15-24/h1-17,25-29H,18-21H2/t25-,26+,27-,28-/m1/s1. The van der Waals surface area contributed by atoms with Crippen LogP contribution in [0.3, 0.4) is 0 Å². The fourth-order valence-corrected chi connectivity index (χ4v) is 3.90. The first-order valence-corrected chi connectivity index (χ1v) is 11.1. The van der Waals surface area contributed by atoms with Crippen LogP contribution in [-0.2, 0) is 34.0 Å². The highest BCUT2D eigenvalue weighted by molar-refractivity contribution is 5.16. The van der Waals surface area contributed by atoms with E-state index in [1.54, 1.807) is 6.08 Å². The van der Waals surface area contributed by atoms with E-state index in [1.165, 1.54) is 0 Å². The highest BCUT2D eigenvalue weighted by Crippen LogP contribution is 2.27. The summed E-state index contributed by atoms with van der Waals surface area (Å²) in [4.78, 5) is 0. The predicted octanol–water partition coefficient (Wildman–Crippen LogP) is 4.92. The fourth-order valence-electron chi connectivity index (χ4n) is 3.90. The van der Waals surface area contributed by atoms with E-state index in [0.29, 0.717) is 26.4 Å². The van der Waals surface area contributed by atoms with Crippen LogP contribution in [0, 0.1) is 5.92 Å². The van der Waals surface area contributed by atoms with E-state index in [0.717, 1.165) is 16.7 Å². The highest BCUT2D eigenvalue weighted by atomic mass is 16.6. The Hall–Kier alpha value is -2.76. The summed E-state index contributed by atoms with van der Waals surface area (Å²) in [5, 5.41) is 10.7. The maximum absolute atomic E-state index is 10.7. The van der Waals surface area contributed by atoms with Crippen LogP contribution in [0.2, 0.25) is 0 Å². The van der Waals surface area contributed by atoms with E-state index in [4.69, 9.17) is 14.2 Å². The Labute approximate surface area is 190 Å². The second kappa shape index (κ2) is 11.7. The highest BCUT2D eigenvalue weighted by Gasteiger charge is 2.37. The Morgan fingerprint density at radius 2 is 1.03 bits per heavy atom. The smallest absolute Gasteiger partial charge is 0.114 e. The second-order valence-corrected chi connectivity index (χ2v) is 8.06. The van der Waals surface area contributed by atoms with Crippen molar-refractivity contribution >= 4 is 0 Å². The van der Waals surface area contributed by atoms with E-state index >= 15 is 0 Å². The normalized spacial score (nSPS) is 22.7. The van der Waals surface area contributed by atoms with Crippen molar-refractivity contribution in [3.8, 4) is 0 Å². The summed E-state index contributed by atoms with van der Waals surface area (Å²) in [6, 6.07) is 30.2. The van der Waals surface area contributed by atoms with Gasteiger partial charge in [0.05, 0.1) is 32.5 Å². The van der Waals surface area contributed by atoms with Gasteiger partial charge in [0.2, 0.25) is 0 Å². The zero-order chi connectivity index (χ0) is 22.0. The van der Waals surface area contributed by atoms with Crippen LogP contribution < -0.4 is 0 Å². The van der Waals surface area contributed by atoms with Crippen molar-refractivity contribution in [3.05, 3.63) is 120 Å². The molecule has 0 bridgehead atoms. The van der Waals surface area contributed by atoms with Crippen LogP contribution in [0.15, 0.2) is 103 Å². The van der Waals surface area contributed by atoms with Gasteiger partial charge in [0.1, 0.15) is 12.2 Å². The maximum atomic E-state index is 10.7. The molecule has 0 heterocycles. The van der Waals surface area contributed by atoms with Crippen LogP contribution in [0.5, 0.6) is 0 Å². The van der Waals surface area contributed by atoms with Crippen molar-refractivity contribution in [2.75, 3.05) is 6.61 Å². The minimum absolute atomic E-state index is 0.0217. The summed E-state index contributed by atoms with van der Waals surface area (Å²) in [5.74, 6) is -0.0217. The number of ether oxygens (including phenoxy) is 3. The number of hydrogen-bond donors (Lipinski definition) is 1. The minimum atomic E-state index is -0.732. The fraction of sp³-hybridized carbons (Fsp3) is 0.286. The van der Waals surface area contributed by atoms with E-state index < -0.39 is 12.2 Å². The SMILES string of the molecule is O[C@H]1C=C[C@H](COCc2ccccc2)[C@@H](OCc2ccccc2)[C@@H]1OCc1ccccc1. The zero-order valence-corrected chi connectivity index (χ0v) is 18.1. The van der Waals surface area contributed by atoms with Crippen LogP contribution in [0.25, 0.3) is 0 Å². The molecule has 4 nitrogen and oxygen atoms in total. The van der Waals surface area contributed by atoms with Gasteiger partial charge in [-0.05, 0) is 16.7 Å². The quantitative estimate of drug-likeness (QED) is 0.464. The van der Waals surface area contributed by atoms with Gasteiger partial charge >= 0.3 is 0 Å². The first-order valence-electron chi connectivity index (χ1n) is 11.1. The second-order valence-electron chi connectivity index (χ2n) is 8.06. The average molecular weight is 431 g/mol. The lowest BCUT2D eigenvalue weighted by molar-refractivity contribution is -0.147. The summed E-state index contributed by atoms with van der Waals surface area (Å²) in [6.45, 7) is 1.89. The number of benzene rings is 3. The zero-order valence-electron chi connectivity index (χ0n) is 18.1. The molecule has 0 aliphatic heterocycles. The Balaban J connectivity index is 1.44. The number of rotatable bonds is 10. The van der Waals surface area contributed by atoms with Gasteiger partial charge in [0.15, 0.2) is 0 Å². The third-order valence-corrected chi connectivity index (χ3v) is 5.63. The molecule has 0 aromatic heterocycles. The van der Waals surface area contributed by atoms with E-state index in [2.05, 4.69) is 12.1 Å². The maximum Gasteiger partial charge on any atom is 0.114 e. The summed E-state index contributed by atoms with van der Waals surface area (Å²) in [6.07, 6.45) is 2.26. The lowest BCUT2D eigenvalue weighted by Gasteiger charge is -2.37. The number of aliphatic hydroxyl groups excluding tert-OH is 1. The molecule has 4 atom stereocenters. The van der Waals surface area contributed by atoms with Crippen LogP contribution in [0.4, 0.5) is 0 Å². The largest absolute Gasteiger partial charge is 0.386 e. The third-order valence-electron chi connectivity index (χ3n) is 5.63. The molecule has 1 aliphatic rings. The van der Waals surface area contributed by atoms with Gasteiger partial charge in [0.25, 0.3) is 0 Å². The van der Waals surface area contributed by atoms with Crippen molar-refractivity contribution in [2.24, 2.45) is 5.92 Å². The molecule has 0 spiro atoms. The van der Waals surface area contributed by atoms with E-state index in [1.807, 2.05) is 84.9 Å². The molecule has 32 heavy (non-hydrogen) atoms. The first kappa shape index (κ1) is 22.4. The molecule has 0 radical (unpaired) electrons. The third kappa shape index (κ3) is 6.38. The van der Waals surface area contributed by atoms with Crippen molar-refractivity contribution < 1.29 is 19.3 Å². The summed E-state index contributed by atoms with van der Waals surface area (Å²) < 4.78 is 18.6. The molecule has 0 saturated heterocycles. The van der Waals surface area contributed by atoms with Crippen LogP contribution >= 0.6 is 0 Å². The number of hydrogen-bond acceptors (Lipinski definition) is 4. The summed E-state index contributed by atoms with van der Waals surface area (Å²) >= 11 is 0. The van der Waals surface area contributed by atoms with Crippen molar-refractivity contribution in [1.29, 1.82) is 0 Å². The molecule has 4 rings (SSSR count). The van der Waals surface area contributed by atoms with Gasteiger partial charge in [-0.15, -0.1) is 0 Å². The van der Waals surface area contributed by atoms with Gasteiger partial charge in [-0.3, -0.25) is 0 Å². The van der Waals surface area contributed by atoms with Crippen LogP contribution in [0.1, 0.15) is 16.7 Å². The Morgan fingerprint density at radius 1 is 0.562 bits per heavy atom. The molecule has 0 fully saturated rings. The Bertz CT molecular complexity index is 943.